The van der Waals surface area contributed by atoms with Crippen molar-refractivity contribution in [1.29, 1.82) is 0 Å². The molecule has 1 aliphatic rings. The molecule has 0 radical (unpaired) electrons. The Labute approximate surface area is 156 Å². The molecule has 1 unspecified atom stereocenters. The monoisotopic (exact) mass is 352 g/mol. The van der Waals surface area contributed by atoms with Crippen LogP contribution in [-0.2, 0) is 11.2 Å². The summed E-state index contributed by atoms with van der Waals surface area (Å²) in [5, 5.41) is 3.15. The highest BCUT2D eigenvalue weighted by molar-refractivity contribution is 5.76. The third-order valence-electron chi connectivity index (χ3n) is 5.06. The van der Waals surface area contributed by atoms with Crippen LogP contribution < -0.4 is 10.1 Å². The lowest BCUT2D eigenvalue weighted by atomic mass is 10.0. The summed E-state index contributed by atoms with van der Waals surface area (Å²) in [6, 6.07) is 18.6. The van der Waals surface area contributed by atoms with Gasteiger partial charge in [0, 0.05) is 13.0 Å². The number of ether oxygens (including phenoxy) is 1. The van der Waals surface area contributed by atoms with Crippen molar-refractivity contribution in [3.63, 3.8) is 0 Å². The summed E-state index contributed by atoms with van der Waals surface area (Å²) in [6.45, 7) is 2.84. The van der Waals surface area contributed by atoms with Crippen LogP contribution in [-0.4, -0.2) is 37.6 Å². The maximum atomic E-state index is 12.3. The van der Waals surface area contributed by atoms with E-state index in [1.165, 1.54) is 24.0 Å². The van der Waals surface area contributed by atoms with Gasteiger partial charge in [0.15, 0.2) is 0 Å². The Hall–Kier alpha value is -2.33. The summed E-state index contributed by atoms with van der Waals surface area (Å²) in [6.07, 6.45) is 3.77. The first-order valence-corrected chi connectivity index (χ1v) is 9.45. The quantitative estimate of drug-likeness (QED) is 0.789. The van der Waals surface area contributed by atoms with Crippen LogP contribution in [0.25, 0.3) is 0 Å². The standard InChI is InChI=1S/C22H28N2O2/c1-26-20-12-10-19(11-13-20)21(24-15-5-6-16-24)17-23-22(25)14-9-18-7-3-2-4-8-18/h2-4,7-8,10-13,21H,5-6,9,14-17H2,1H3,(H,23,25). The molecule has 2 aromatic carbocycles. The van der Waals surface area contributed by atoms with Gasteiger partial charge in [-0.2, -0.15) is 0 Å². The smallest absolute Gasteiger partial charge is 0.220 e. The second-order valence-corrected chi connectivity index (χ2v) is 6.82. The van der Waals surface area contributed by atoms with Gasteiger partial charge in [0.2, 0.25) is 5.91 Å². The first-order chi connectivity index (χ1) is 12.8. The number of hydrogen-bond acceptors (Lipinski definition) is 3. The maximum absolute atomic E-state index is 12.3. The van der Waals surface area contributed by atoms with Crippen LogP contribution in [0.3, 0.4) is 0 Å². The molecule has 138 valence electrons. The summed E-state index contributed by atoms with van der Waals surface area (Å²) in [5.74, 6) is 0.979. The van der Waals surface area contributed by atoms with Gasteiger partial charge in [0.05, 0.1) is 13.2 Å². The minimum absolute atomic E-state index is 0.117. The van der Waals surface area contributed by atoms with Gasteiger partial charge in [-0.05, 0) is 55.6 Å². The number of methoxy groups -OCH3 is 1. The van der Waals surface area contributed by atoms with Crippen LogP contribution in [0.4, 0.5) is 0 Å². The fraction of sp³-hybridized carbons (Fsp3) is 0.409. The second kappa shape index (κ2) is 9.39. The maximum Gasteiger partial charge on any atom is 0.220 e. The fourth-order valence-electron chi connectivity index (χ4n) is 3.54. The molecule has 2 aromatic rings. The average molecular weight is 352 g/mol. The number of aryl methyl sites for hydroxylation is 1. The lowest BCUT2D eigenvalue weighted by molar-refractivity contribution is -0.121. The Morgan fingerprint density at radius 3 is 2.42 bits per heavy atom. The number of nitrogens with zero attached hydrogens (tertiary/aromatic N) is 1. The molecule has 1 aliphatic heterocycles. The molecule has 1 N–H and O–H groups in total. The van der Waals surface area contributed by atoms with Crippen LogP contribution in [0.1, 0.15) is 36.4 Å². The van der Waals surface area contributed by atoms with E-state index in [9.17, 15) is 4.79 Å². The molecule has 1 atom stereocenters. The van der Waals surface area contributed by atoms with E-state index in [0.717, 1.165) is 25.3 Å². The molecule has 1 fully saturated rings. The molecule has 1 heterocycles. The molecule has 0 spiro atoms. The van der Waals surface area contributed by atoms with Gasteiger partial charge in [0.1, 0.15) is 5.75 Å². The van der Waals surface area contributed by atoms with Gasteiger partial charge < -0.3 is 10.1 Å². The topological polar surface area (TPSA) is 41.6 Å². The van der Waals surface area contributed by atoms with E-state index in [-0.39, 0.29) is 11.9 Å². The predicted molar refractivity (Wildman–Crippen MR) is 104 cm³/mol. The van der Waals surface area contributed by atoms with E-state index in [2.05, 4.69) is 34.5 Å². The van der Waals surface area contributed by atoms with Crippen molar-refractivity contribution < 1.29 is 9.53 Å². The lowest BCUT2D eigenvalue weighted by Crippen LogP contribution is -2.36. The van der Waals surface area contributed by atoms with E-state index >= 15 is 0 Å². The third kappa shape index (κ3) is 5.09. The lowest BCUT2D eigenvalue weighted by Gasteiger charge is -2.28. The normalized spacial score (nSPS) is 15.6. The first kappa shape index (κ1) is 18.5. The number of carbonyl (C=O) groups excluding carboxylic acids is 1. The van der Waals surface area contributed by atoms with E-state index < -0.39 is 0 Å². The van der Waals surface area contributed by atoms with Gasteiger partial charge in [-0.1, -0.05) is 42.5 Å². The highest BCUT2D eigenvalue weighted by atomic mass is 16.5. The highest BCUT2D eigenvalue weighted by Gasteiger charge is 2.23. The minimum atomic E-state index is 0.117. The molecule has 0 saturated carbocycles. The third-order valence-corrected chi connectivity index (χ3v) is 5.06. The number of nitrogens with one attached hydrogen (secondary N) is 1. The van der Waals surface area contributed by atoms with E-state index in [0.29, 0.717) is 13.0 Å². The van der Waals surface area contributed by atoms with E-state index in [4.69, 9.17) is 4.74 Å². The van der Waals surface area contributed by atoms with Crippen LogP contribution >= 0.6 is 0 Å². The Kier molecular flexibility index (Phi) is 6.67. The molecule has 0 aromatic heterocycles. The summed E-state index contributed by atoms with van der Waals surface area (Å²) in [7, 11) is 1.68. The number of rotatable bonds is 8. The molecule has 4 heteroatoms. The van der Waals surface area contributed by atoms with Gasteiger partial charge in [-0.15, -0.1) is 0 Å². The fourth-order valence-corrected chi connectivity index (χ4v) is 3.54. The molecule has 0 bridgehead atoms. The van der Waals surface area contributed by atoms with Gasteiger partial charge >= 0.3 is 0 Å². The van der Waals surface area contributed by atoms with Crippen LogP contribution in [0.2, 0.25) is 0 Å². The SMILES string of the molecule is COc1ccc(C(CNC(=O)CCc2ccccc2)N2CCCC2)cc1. The molecular weight excluding hydrogens is 324 g/mol. The van der Waals surface area contributed by atoms with Crippen molar-refractivity contribution in [2.45, 2.75) is 31.7 Å². The van der Waals surface area contributed by atoms with Crippen molar-refractivity contribution in [2.24, 2.45) is 0 Å². The second-order valence-electron chi connectivity index (χ2n) is 6.82. The molecule has 0 aliphatic carbocycles. The van der Waals surface area contributed by atoms with Crippen molar-refractivity contribution in [2.75, 3.05) is 26.7 Å². The first-order valence-electron chi connectivity index (χ1n) is 9.45. The molecule has 4 nitrogen and oxygen atoms in total. The number of hydrogen-bond donors (Lipinski definition) is 1. The Morgan fingerprint density at radius 1 is 1.08 bits per heavy atom. The van der Waals surface area contributed by atoms with E-state index in [1.54, 1.807) is 7.11 Å². The zero-order valence-corrected chi connectivity index (χ0v) is 15.5. The van der Waals surface area contributed by atoms with Crippen LogP contribution in [0.15, 0.2) is 54.6 Å². The number of carbonyl (C=O) groups is 1. The summed E-state index contributed by atoms with van der Waals surface area (Å²) >= 11 is 0. The largest absolute Gasteiger partial charge is 0.497 e. The van der Waals surface area contributed by atoms with Crippen molar-refractivity contribution >= 4 is 5.91 Å². The zero-order chi connectivity index (χ0) is 18.2. The van der Waals surface area contributed by atoms with Crippen molar-refractivity contribution in [3.8, 4) is 5.75 Å². The highest BCUT2D eigenvalue weighted by Crippen LogP contribution is 2.26. The molecular formula is C22H28N2O2. The number of likely N-dealkylation sites (tertiary alicyclic amines) is 1. The van der Waals surface area contributed by atoms with Crippen molar-refractivity contribution in [1.82, 2.24) is 10.2 Å². The Bertz CT molecular complexity index is 679. The van der Waals surface area contributed by atoms with Gasteiger partial charge in [-0.3, -0.25) is 9.69 Å². The number of amides is 1. The van der Waals surface area contributed by atoms with Gasteiger partial charge in [-0.25, -0.2) is 0 Å². The predicted octanol–water partition coefficient (Wildman–Crippen LogP) is 3.58. The van der Waals surface area contributed by atoms with E-state index in [1.807, 2.05) is 30.3 Å². The molecule has 1 amide bonds. The number of benzene rings is 2. The minimum Gasteiger partial charge on any atom is -0.497 e. The van der Waals surface area contributed by atoms with Crippen LogP contribution in [0, 0.1) is 0 Å². The molecule has 26 heavy (non-hydrogen) atoms. The Balaban J connectivity index is 1.57. The zero-order valence-electron chi connectivity index (χ0n) is 15.5. The Morgan fingerprint density at radius 2 is 1.77 bits per heavy atom. The summed E-state index contributed by atoms with van der Waals surface area (Å²) in [5.41, 5.74) is 2.44. The average Bonchev–Trinajstić information content (AvgIpc) is 3.22. The summed E-state index contributed by atoms with van der Waals surface area (Å²) < 4.78 is 5.26. The van der Waals surface area contributed by atoms with Gasteiger partial charge in [0.25, 0.3) is 0 Å². The summed E-state index contributed by atoms with van der Waals surface area (Å²) in [4.78, 5) is 14.8. The van der Waals surface area contributed by atoms with Crippen molar-refractivity contribution in [3.05, 3.63) is 65.7 Å². The van der Waals surface area contributed by atoms with Crippen LogP contribution in [0.5, 0.6) is 5.75 Å². The molecule has 1 saturated heterocycles. The molecule has 3 rings (SSSR count).